The summed E-state index contributed by atoms with van der Waals surface area (Å²) in [4.78, 5) is 15.8. The van der Waals surface area contributed by atoms with Crippen molar-refractivity contribution in [3.05, 3.63) is 12.2 Å². The molecule has 0 aliphatic rings. The van der Waals surface area contributed by atoms with Crippen molar-refractivity contribution in [1.29, 1.82) is 0 Å². The van der Waals surface area contributed by atoms with Crippen LogP contribution >= 0.6 is 0 Å². The number of aliphatic hydroxyl groups excluding tert-OH is 1. The fourth-order valence-electron chi connectivity index (χ4n) is 0.886. The molecule has 96 valence electrons. The summed E-state index contributed by atoms with van der Waals surface area (Å²) in [7, 11) is 2.83. The van der Waals surface area contributed by atoms with Gasteiger partial charge in [0.15, 0.2) is 0 Å². The fourth-order valence-corrected chi connectivity index (χ4v) is 0.886. The molecular weight excluding hydrogens is 302 g/mol. The summed E-state index contributed by atoms with van der Waals surface area (Å²) in [6.45, 7) is 1.63. The van der Waals surface area contributed by atoms with E-state index in [-0.39, 0.29) is 45.9 Å². The number of nitrogens with zero attached hydrogens (tertiary/aromatic N) is 1. The Bertz CT molecular complexity index is 226. The van der Waals surface area contributed by atoms with Crippen LogP contribution in [0.4, 0.5) is 0 Å². The van der Waals surface area contributed by atoms with Crippen LogP contribution in [0.1, 0.15) is 19.8 Å². The second-order valence-electron chi connectivity index (χ2n) is 3.34. The largest absolute Gasteiger partial charge is 2.00 e. The third-order valence-electron chi connectivity index (χ3n) is 1.91. The van der Waals surface area contributed by atoms with Crippen molar-refractivity contribution < 1.29 is 36.8 Å². The normalized spacial score (nSPS) is 13.5. The first-order valence-corrected chi connectivity index (χ1v) is 4.81. The summed E-state index contributed by atoms with van der Waals surface area (Å²) >= 11 is 0. The van der Waals surface area contributed by atoms with Gasteiger partial charge in [-0.25, -0.2) is 5.06 Å². The maximum atomic E-state index is 11.2. The Morgan fingerprint density at radius 2 is 2.06 bits per heavy atom. The van der Waals surface area contributed by atoms with Crippen LogP contribution in [0.5, 0.6) is 0 Å². The minimum atomic E-state index is -0.964. The van der Waals surface area contributed by atoms with Gasteiger partial charge in [-0.2, -0.15) is 0 Å². The summed E-state index contributed by atoms with van der Waals surface area (Å²) < 4.78 is 0. The second kappa shape index (κ2) is 12.8. The van der Waals surface area contributed by atoms with Crippen molar-refractivity contribution in [3.63, 3.8) is 0 Å². The van der Waals surface area contributed by atoms with Gasteiger partial charge < -0.3 is 27.2 Å². The number of halogens is 1. The smallest absolute Gasteiger partial charge is 1.00 e. The van der Waals surface area contributed by atoms with Crippen LogP contribution in [0.3, 0.4) is 0 Å². The molecule has 0 rings (SSSR count). The van der Waals surface area contributed by atoms with Gasteiger partial charge in [-0.3, -0.25) is 9.63 Å². The molecule has 7 heteroatoms. The molecule has 0 unspecified atom stereocenters. The van der Waals surface area contributed by atoms with Gasteiger partial charge in [-0.05, 0) is 13.3 Å². The van der Waals surface area contributed by atoms with Crippen molar-refractivity contribution in [2.45, 2.75) is 32.0 Å². The molecule has 0 saturated carbocycles. The Balaban J connectivity index is -0.000000980. The van der Waals surface area contributed by atoms with E-state index in [4.69, 9.17) is 5.11 Å². The number of aliphatic hydroxyl groups is 1. The summed E-state index contributed by atoms with van der Waals surface area (Å²) in [6.07, 6.45) is 1.77. The van der Waals surface area contributed by atoms with Crippen LogP contribution in [0.15, 0.2) is 12.2 Å². The molecule has 0 saturated heterocycles. The zero-order chi connectivity index (χ0) is 11.8. The molecule has 2 atom stereocenters. The average Bonchev–Trinajstić information content (AvgIpc) is 2.21. The Kier molecular flexibility index (Phi) is 16.9. The van der Waals surface area contributed by atoms with Gasteiger partial charge in [0, 0.05) is 13.1 Å². The van der Waals surface area contributed by atoms with E-state index in [0.717, 1.165) is 5.06 Å². The first-order chi connectivity index (χ1) is 6.97. The van der Waals surface area contributed by atoms with Crippen LogP contribution in [-0.2, 0) is 9.63 Å². The molecular formula is C10H18BrMgNO4. The van der Waals surface area contributed by atoms with Crippen LogP contribution in [-0.4, -0.2) is 65.5 Å². The number of likely N-dealkylation sites (N-methyl/N-ethyl adjacent to an activating group) is 1. The third kappa shape index (κ3) is 12.6. The molecule has 1 N–H and O–H groups in total. The summed E-state index contributed by atoms with van der Waals surface area (Å²) in [6, 6.07) is 0. The van der Waals surface area contributed by atoms with E-state index in [9.17, 15) is 9.90 Å². The van der Waals surface area contributed by atoms with Gasteiger partial charge in [0.1, 0.15) is 0 Å². The predicted octanol–water partition coefficient (Wildman–Crippen LogP) is -3.92. The molecule has 0 bridgehead atoms. The molecule has 0 aromatic carbocycles. The molecule has 0 aromatic heterocycles. The van der Waals surface area contributed by atoms with E-state index in [1.54, 1.807) is 6.92 Å². The standard InChI is InChI=1S/C10H18NO4.BrH.Mg/c1-8(12)4-5-9(13)6-7-10(14)11(2)15-3;;/h6-9,12H,4-5H2,1-3H3;1H;/q-1;;+2/p-1/b7-6-;;/t8-,9-;;/m1../s1. The number of carbonyl (C=O) groups is 1. The molecule has 0 spiro atoms. The maximum Gasteiger partial charge on any atom is 2.00 e. The molecule has 0 heterocycles. The van der Waals surface area contributed by atoms with Gasteiger partial charge >= 0.3 is 23.1 Å². The van der Waals surface area contributed by atoms with Crippen molar-refractivity contribution in [1.82, 2.24) is 5.06 Å². The van der Waals surface area contributed by atoms with E-state index in [2.05, 4.69) is 4.84 Å². The summed E-state index contributed by atoms with van der Waals surface area (Å²) in [5.41, 5.74) is 0. The Labute approximate surface area is 129 Å². The minimum Gasteiger partial charge on any atom is -1.00 e. The van der Waals surface area contributed by atoms with Crippen molar-refractivity contribution >= 4 is 29.0 Å². The zero-order valence-electron chi connectivity index (χ0n) is 10.4. The van der Waals surface area contributed by atoms with Crippen molar-refractivity contribution in [3.8, 4) is 0 Å². The second-order valence-corrected chi connectivity index (χ2v) is 3.34. The number of rotatable bonds is 6. The molecule has 5 nitrogen and oxygen atoms in total. The number of amides is 1. The SMILES string of the molecule is CON(C)C(=O)/C=C\[C@H]([O-])CC[C@@H](C)O.[Br-].[Mg+2]. The monoisotopic (exact) mass is 319 g/mol. The van der Waals surface area contributed by atoms with E-state index < -0.39 is 12.2 Å². The van der Waals surface area contributed by atoms with Crippen LogP contribution in [0.2, 0.25) is 0 Å². The van der Waals surface area contributed by atoms with E-state index in [1.165, 1.54) is 26.3 Å². The quantitative estimate of drug-likeness (QED) is 0.308. The minimum absolute atomic E-state index is 0. The van der Waals surface area contributed by atoms with E-state index in [1.807, 2.05) is 0 Å². The Hall–Kier alpha value is 0.336. The summed E-state index contributed by atoms with van der Waals surface area (Å²) in [5.74, 6) is -0.379. The number of carbonyl (C=O) groups excluding carboxylic acids is 1. The topological polar surface area (TPSA) is 72.8 Å². The molecule has 0 aromatic rings. The van der Waals surface area contributed by atoms with E-state index >= 15 is 0 Å². The van der Waals surface area contributed by atoms with Crippen LogP contribution in [0.25, 0.3) is 0 Å². The zero-order valence-corrected chi connectivity index (χ0v) is 13.4. The average molecular weight is 320 g/mol. The first kappa shape index (κ1) is 22.5. The van der Waals surface area contributed by atoms with Crippen molar-refractivity contribution in [2.24, 2.45) is 0 Å². The molecule has 0 aliphatic carbocycles. The maximum absolute atomic E-state index is 11.2. The van der Waals surface area contributed by atoms with Crippen molar-refractivity contribution in [2.75, 3.05) is 14.2 Å². The van der Waals surface area contributed by atoms with Crippen LogP contribution in [0, 0.1) is 0 Å². The van der Waals surface area contributed by atoms with Gasteiger partial charge in [-0.1, -0.05) is 12.5 Å². The third-order valence-corrected chi connectivity index (χ3v) is 1.91. The molecule has 1 amide bonds. The van der Waals surface area contributed by atoms with Crippen LogP contribution < -0.4 is 22.1 Å². The molecule has 0 radical (unpaired) electrons. The van der Waals surface area contributed by atoms with Gasteiger partial charge in [0.25, 0.3) is 5.91 Å². The number of hydrogen-bond acceptors (Lipinski definition) is 4. The fraction of sp³-hybridized carbons (Fsp3) is 0.700. The molecule has 17 heavy (non-hydrogen) atoms. The number of hydrogen-bond donors (Lipinski definition) is 1. The Morgan fingerprint density at radius 3 is 2.47 bits per heavy atom. The number of hydroxylamine groups is 2. The molecule has 0 fully saturated rings. The Morgan fingerprint density at radius 1 is 1.53 bits per heavy atom. The summed E-state index contributed by atoms with van der Waals surface area (Å²) in [5, 5.41) is 21.2. The van der Waals surface area contributed by atoms with Gasteiger partial charge in [0.05, 0.1) is 13.2 Å². The molecule has 0 aliphatic heterocycles. The predicted molar refractivity (Wildman–Crippen MR) is 59.4 cm³/mol. The van der Waals surface area contributed by atoms with E-state index in [0.29, 0.717) is 12.8 Å². The first-order valence-electron chi connectivity index (χ1n) is 4.81. The van der Waals surface area contributed by atoms with Gasteiger partial charge in [-0.15, -0.1) is 6.10 Å². The van der Waals surface area contributed by atoms with Gasteiger partial charge in [0.2, 0.25) is 0 Å².